The molecule has 0 saturated carbocycles. The molecule has 12 aromatic rings. The van der Waals surface area contributed by atoms with Crippen LogP contribution in [0.1, 0.15) is 77.6 Å². The summed E-state index contributed by atoms with van der Waals surface area (Å²) in [5.41, 5.74) is 24.8. The van der Waals surface area contributed by atoms with Crippen LogP contribution in [0.5, 0.6) is 0 Å². The van der Waals surface area contributed by atoms with Crippen molar-refractivity contribution in [3.63, 3.8) is 0 Å². The fourth-order valence-corrected chi connectivity index (χ4v) is 14.6. The first-order valence-corrected chi connectivity index (χ1v) is 28.4. The van der Waals surface area contributed by atoms with E-state index in [0.29, 0.717) is 0 Å². The Kier molecular flexibility index (Phi) is 10.1. The molecule has 0 amide bonds. The number of anilines is 5. The fraction of sp³-hybridized carbons (Fsp3) is 0.151. The monoisotopic (exact) mass is 1020 g/mol. The zero-order chi connectivity index (χ0) is 53.0. The highest BCUT2D eigenvalue weighted by atomic mass is 32.1. The van der Waals surface area contributed by atoms with Gasteiger partial charge in [0.2, 0.25) is 0 Å². The Hall–Kier alpha value is -8.38. The molecule has 3 nitrogen and oxygen atoms in total. The molecule has 0 N–H and O–H groups in total. The van der Waals surface area contributed by atoms with E-state index in [-0.39, 0.29) is 23.1 Å². The van der Waals surface area contributed by atoms with Crippen molar-refractivity contribution in [2.24, 2.45) is 0 Å². The number of hydrogen-bond donors (Lipinski definition) is 0. The van der Waals surface area contributed by atoms with E-state index in [1.54, 1.807) is 0 Å². The zero-order valence-corrected chi connectivity index (χ0v) is 46.3. The van der Waals surface area contributed by atoms with Crippen molar-refractivity contribution >= 4 is 90.3 Å². The molecule has 0 fully saturated rings. The lowest BCUT2D eigenvalue weighted by molar-refractivity contribution is 0.590. The van der Waals surface area contributed by atoms with Gasteiger partial charge in [-0.1, -0.05) is 213 Å². The second-order valence-electron chi connectivity index (χ2n) is 24.4. The lowest BCUT2D eigenvalue weighted by Gasteiger charge is -2.46. The van der Waals surface area contributed by atoms with Crippen LogP contribution in [0.15, 0.2) is 217 Å². The fourth-order valence-electron chi connectivity index (χ4n) is 13.3. The van der Waals surface area contributed by atoms with Crippen molar-refractivity contribution in [2.75, 3.05) is 9.71 Å². The van der Waals surface area contributed by atoms with Gasteiger partial charge in [0.1, 0.15) is 11.2 Å². The SMILES string of the molecule is CC(C)(C)c1ccc(N2B3c4cc5c(-c6ccccc6)sc(-c6ccccc6)c5cc4N(c4ccc(C(C)(C)C)cc4-c4ccccc4)c4cc5c(oc6ccccc65)c(c43)-c3cc4c(cc32)C(C)(C)c2ccccc2-4)cc1. The van der Waals surface area contributed by atoms with Crippen molar-refractivity contribution < 1.29 is 4.42 Å². The van der Waals surface area contributed by atoms with Gasteiger partial charge in [0.05, 0.1) is 5.69 Å². The Balaban J connectivity index is 1.15. The second-order valence-corrected chi connectivity index (χ2v) is 25.5. The Bertz CT molecular complexity index is 4420. The van der Waals surface area contributed by atoms with Crippen molar-refractivity contribution in [3.05, 3.63) is 235 Å². The number of rotatable bonds is 5. The highest BCUT2D eigenvalue weighted by molar-refractivity contribution is 7.21. The largest absolute Gasteiger partial charge is 0.455 e. The van der Waals surface area contributed by atoms with E-state index in [1.807, 2.05) is 11.3 Å². The normalized spacial score (nSPS) is 14.2. The summed E-state index contributed by atoms with van der Waals surface area (Å²) in [6.07, 6.45) is 0. The Labute approximate surface area is 462 Å². The van der Waals surface area contributed by atoms with E-state index in [1.165, 1.54) is 104 Å². The summed E-state index contributed by atoms with van der Waals surface area (Å²) in [4.78, 5) is 7.89. The van der Waals surface area contributed by atoms with E-state index >= 15 is 0 Å². The third-order valence-electron chi connectivity index (χ3n) is 17.4. The summed E-state index contributed by atoms with van der Waals surface area (Å²) in [6.45, 7) is 18.5. The van der Waals surface area contributed by atoms with Crippen LogP contribution in [0.25, 0.3) is 87.0 Å². The van der Waals surface area contributed by atoms with Crippen LogP contribution in [-0.2, 0) is 16.2 Å². The average Bonchev–Trinajstić information content (AvgIpc) is 3.42. The minimum atomic E-state index is -0.265. The van der Waals surface area contributed by atoms with Gasteiger partial charge >= 0.3 is 6.85 Å². The summed E-state index contributed by atoms with van der Waals surface area (Å²) in [5, 5.41) is 4.72. The molecule has 10 aromatic carbocycles. The quantitative estimate of drug-likeness (QED) is 0.160. The molecule has 1 aliphatic carbocycles. The third-order valence-corrected chi connectivity index (χ3v) is 18.7. The zero-order valence-electron chi connectivity index (χ0n) is 45.5. The summed E-state index contributed by atoms with van der Waals surface area (Å²) in [5.74, 6) is 0. The molecule has 0 bridgehead atoms. The van der Waals surface area contributed by atoms with Gasteiger partial charge in [-0.3, -0.25) is 0 Å². The maximum Gasteiger partial charge on any atom is 0.333 e. The Morgan fingerprint density at radius 3 is 1.71 bits per heavy atom. The van der Waals surface area contributed by atoms with Crippen LogP contribution < -0.4 is 20.6 Å². The topological polar surface area (TPSA) is 19.6 Å². The van der Waals surface area contributed by atoms with Crippen molar-refractivity contribution in [1.29, 1.82) is 0 Å². The molecule has 2 aromatic heterocycles. The van der Waals surface area contributed by atoms with Crippen LogP contribution in [0.2, 0.25) is 0 Å². The molecule has 78 heavy (non-hydrogen) atoms. The number of nitrogens with zero attached hydrogens (tertiary/aromatic N) is 2. The first-order valence-electron chi connectivity index (χ1n) is 27.6. The molecule has 0 atom stereocenters. The Morgan fingerprint density at radius 1 is 0.436 bits per heavy atom. The highest BCUT2D eigenvalue weighted by Gasteiger charge is 2.49. The summed E-state index contributed by atoms with van der Waals surface area (Å²) in [6, 6.07) is 80.3. The maximum atomic E-state index is 7.34. The molecular weight excluding hydrogens is 964 g/mol. The number of benzene rings is 10. The van der Waals surface area contributed by atoms with Gasteiger partial charge < -0.3 is 14.1 Å². The predicted octanol–water partition coefficient (Wildman–Crippen LogP) is 19.4. The number of hydrogen-bond acceptors (Lipinski definition) is 4. The maximum absolute atomic E-state index is 7.34. The molecule has 0 unspecified atom stereocenters. The van der Waals surface area contributed by atoms with Crippen LogP contribution >= 0.6 is 11.3 Å². The molecule has 2 aliphatic heterocycles. The number of fused-ring (bicyclic) bond motifs is 12. The Morgan fingerprint density at radius 2 is 1.03 bits per heavy atom. The third kappa shape index (κ3) is 6.90. The minimum Gasteiger partial charge on any atom is -0.455 e. The molecular formula is C73H59BN2OS. The van der Waals surface area contributed by atoms with E-state index < -0.39 is 0 Å². The predicted molar refractivity (Wildman–Crippen MR) is 334 cm³/mol. The smallest absolute Gasteiger partial charge is 0.333 e. The van der Waals surface area contributed by atoms with Gasteiger partial charge in [0, 0.05) is 76.2 Å². The average molecular weight is 1020 g/mol. The van der Waals surface area contributed by atoms with Gasteiger partial charge in [0.15, 0.2) is 0 Å². The number of para-hydroxylation sites is 1. The van der Waals surface area contributed by atoms with Gasteiger partial charge in [-0.05, 0) is 126 Å². The van der Waals surface area contributed by atoms with Gasteiger partial charge in [-0.25, -0.2) is 0 Å². The van der Waals surface area contributed by atoms with E-state index in [2.05, 4.69) is 277 Å². The van der Waals surface area contributed by atoms with Gasteiger partial charge in [-0.15, -0.1) is 11.3 Å². The molecule has 4 heterocycles. The van der Waals surface area contributed by atoms with Gasteiger partial charge in [0.25, 0.3) is 0 Å². The lowest BCUT2D eigenvalue weighted by atomic mass is 9.43. The molecule has 0 spiro atoms. The van der Waals surface area contributed by atoms with E-state index in [4.69, 9.17) is 4.42 Å². The summed E-state index contributed by atoms with van der Waals surface area (Å²) in [7, 11) is 0. The minimum absolute atomic E-state index is 0.0204. The van der Waals surface area contributed by atoms with E-state index in [0.717, 1.165) is 44.6 Å². The first kappa shape index (κ1) is 46.9. The van der Waals surface area contributed by atoms with Crippen LogP contribution in [0.4, 0.5) is 28.4 Å². The van der Waals surface area contributed by atoms with E-state index in [9.17, 15) is 0 Å². The number of furan rings is 1. The molecule has 3 aliphatic rings. The van der Waals surface area contributed by atoms with Crippen molar-refractivity contribution in [3.8, 4) is 54.3 Å². The van der Waals surface area contributed by atoms with Crippen molar-refractivity contribution in [2.45, 2.75) is 71.6 Å². The highest BCUT2D eigenvalue weighted by Crippen LogP contribution is 2.58. The van der Waals surface area contributed by atoms with Crippen LogP contribution in [-0.4, -0.2) is 6.85 Å². The molecule has 5 heteroatoms. The second kappa shape index (κ2) is 16.8. The standard InChI is InChI=1S/C73H59BN2OS/c1-71(2,3)47-32-35-49(36-33-47)76-62-43-59-53(50-28-18-20-30-58(50)73(59,7)8)39-57(62)66-67-64(41-54-51-29-19-21-31-65(51)77-68(54)66)75(61-37-34-48(72(4,5)6)38-52(61)44-22-12-9-13-23-44)63-42-56-55(40-60(63)74(67)76)69(45-24-14-10-15-25-45)78-70(56)46-26-16-11-17-27-46/h9-43H,1-8H3. The molecule has 376 valence electrons. The molecule has 0 radical (unpaired) electrons. The number of thiophene rings is 1. The molecule has 15 rings (SSSR count). The molecule has 0 saturated heterocycles. The summed E-state index contributed by atoms with van der Waals surface area (Å²) >= 11 is 1.90. The summed E-state index contributed by atoms with van der Waals surface area (Å²) < 4.78 is 7.34. The lowest BCUT2D eigenvalue weighted by Crippen LogP contribution is -2.61. The van der Waals surface area contributed by atoms with Crippen LogP contribution in [0.3, 0.4) is 0 Å². The van der Waals surface area contributed by atoms with Crippen molar-refractivity contribution in [1.82, 2.24) is 0 Å². The first-order chi connectivity index (χ1) is 37.7. The van der Waals surface area contributed by atoms with Crippen LogP contribution in [0, 0.1) is 0 Å². The van der Waals surface area contributed by atoms with Gasteiger partial charge in [-0.2, -0.15) is 0 Å².